The first-order valence-corrected chi connectivity index (χ1v) is 7.95. The molecule has 0 bridgehead atoms. The zero-order chi connectivity index (χ0) is 12.8. The fourth-order valence-corrected chi connectivity index (χ4v) is 4.08. The average molecular weight is 248 g/mol. The molecular weight excluding hydrogens is 220 g/mol. The minimum atomic E-state index is 0.679. The van der Waals surface area contributed by atoms with Crippen LogP contribution in [0.3, 0.4) is 0 Å². The van der Waals surface area contributed by atoms with Crippen molar-refractivity contribution >= 4 is 6.29 Å². The van der Waals surface area contributed by atoms with Crippen LogP contribution >= 0.6 is 0 Å². The summed E-state index contributed by atoms with van der Waals surface area (Å²) in [6.07, 6.45) is 17.5. The molecule has 18 heavy (non-hydrogen) atoms. The molecule has 0 aromatic heterocycles. The summed E-state index contributed by atoms with van der Waals surface area (Å²) in [5.41, 5.74) is 0. The third-order valence-corrected chi connectivity index (χ3v) is 5.41. The van der Waals surface area contributed by atoms with Crippen LogP contribution in [-0.4, -0.2) is 6.29 Å². The Labute approximate surface area is 112 Å². The van der Waals surface area contributed by atoms with E-state index >= 15 is 0 Å². The van der Waals surface area contributed by atoms with Crippen molar-refractivity contribution in [1.29, 1.82) is 0 Å². The molecule has 0 radical (unpaired) electrons. The SMILES string of the molecule is CC[C@H]1CC[C@H]([C@H]2CC[C@H](C=CC=O)CC2)CC1. The van der Waals surface area contributed by atoms with Gasteiger partial charge in [0.05, 0.1) is 0 Å². The van der Waals surface area contributed by atoms with Crippen molar-refractivity contribution in [2.75, 3.05) is 0 Å². The van der Waals surface area contributed by atoms with Gasteiger partial charge >= 0.3 is 0 Å². The Morgan fingerprint density at radius 3 is 1.94 bits per heavy atom. The highest BCUT2D eigenvalue weighted by atomic mass is 16.1. The van der Waals surface area contributed by atoms with Crippen LogP contribution in [0.1, 0.15) is 64.7 Å². The Hall–Kier alpha value is -0.590. The topological polar surface area (TPSA) is 17.1 Å². The summed E-state index contributed by atoms with van der Waals surface area (Å²) in [5, 5.41) is 0. The van der Waals surface area contributed by atoms with Crippen LogP contribution in [0.5, 0.6) is 0 Å². The van der Waals surface area contributed by atoms with E-state index in [1.54, 1.807) is 6.08 Å². The first kappa shape index (κ1) is 13.8. The van der Waals surface area contributed by atoms with Crippen molar-refractivity contribution in [3.8, 4) is 0 Å². The molecule has 0 heterocycles. The van der Waals surface area contributed by atoms with Gasteiger partial charge in [0, 0.05) is 0 Å². The molecule has 102 valence electrons. The summed E-state index contributed by atoms with van der Waals surface area (Å²) < 4.78 is 0. The third-order valence-electron chi connectivity index (χ3n) is 5.41. The normalized spacial score (nSPS) is 37.8. The molecular formula is C17H28O. The molecule has 1 nitrogen and oxygen atoms in total. The van der Waals surface area contributed by atoms with Crippen LogP contribution in [0.25, 0.3) is 0 Å². The van der Waals surface area contributed by atoms with Gasteiger partial charge in [-0.05, 0) is 68.3 Å². The average Bonchev–Trinajstić information content (AvgIpc) is 2.46. The van der Waals surface area contributed by atoms with Gasteiger partial charge in [0.25, 0.3) is 0 Å². The highest BCUT2D eigenvalue weighted by Crippen LogP contribution is 2.42. The van der Waals surface area contributed by atoms with Gasteiger partial charge in [0.1, 0.15) is 6.29 Å². The molecule has 0 aliphatic heterocycles. The maximum Gasteiger partial charge on any atom is 0.142 e. The first-order chi connectivity index (χ1) is 8.83. The van der Waals surface area contributed by atoms with E-state index in [0.29, 0.717) is 5.92 Å². The van der Waals surface area contributed by atoms with Gasteiger partial charge in [-0.1, -0.05) is 32.3 Å². The number of hydrogen-bond donors (Lipinski definition) is 0. The Kier molecular flexibility index (Phi) is 5.46. The van der Waals surface area contributed by atoms with Gasteiger partial charge < -0.3 is 0 Å². The van der Waals surface area contributed by atoms with Crippen molar-refractivity contribution < 1.29 is 4.79 Å². The van der Waals surface area contributed by atoms with E-state index in [1.807, 2.05) is 0 Å². The fraction of sp³-hybridized carbons (Fsp3) is 0.824. The molecule has 0 atom stereocenters. The van der Waals surface area contributed by atoms with Gasteiger partial charge in [-0.15, -0.1) is 0 Å². The smallest absolute Gasteiger partial charge is 0.142 e. The highest BCUT2D eigenvalue weighted by Gasteiger charge is 2.29. The zero-order valence-electron chi connectivity index (χ0n) is 11.8. The van der Waals surface area contributed by atoms with Crippen LogP contribution in [0.15, 0.2) is 12.2 Å². The van der Waals surface area contributed by atoms with Crippen molar-refractivity contribution in [2.24, 2.45) is 23.7 Å². The van der Waals surface area contributed by atoms with Gasteiger partial charge in [-0.25, -0.2) is 0 Å². The standard InChI is InChI=1S/C17H28O/c1-2-14-5-9-16(10-6-14)17-11-7-15(8-12-17)4-3-13-18/h3-4,13-17H,2,5-12H2,1H3/t14-,15-,16-,17-. The molecule has 2 saturated carbocycles. The van der Waals surface area contributed by atoms with Crippen LogP contribution in [0, 0.1) is 23.7 Å². The molecule has 0 amide bonds. The monoisotopic (exact) mass is 248 g/mol. The maximum atomic E-state index is 10.3. The Balaban J connectivity index is 1.73. The molecule has 0 N–H and O–H groups in total. The summed E-state index contributed by atoms with van der Waals surface area (Å²) in [4.78, 5) is 10.3. The maximum absolute atomic E-state index is 10.3. The molecule has 0 saturated heterocycles. The molecule has 2 fully saturated rings. The molecule has 2 rings (SSSR count). The lowest BCUT2D eigenvalue weighted by Gasteiger charge is -2.37. The largest absolute Gasteiger partial charge is 0.299 e. The van der Waals surface area contributed by atoms with E-state index in [0.717, 1.165) is 24.0 Å². The number of carbonyl (C=O) groups is 1. The van der Waals surface area contributed by atoms with E-state index < -0.39 is 0 Å². The van der Waals surface area contributed by atoms with Crippen molar-refractivity contribution in [3.05, 3.63) is 12.2 Å². The predicted molar refractivity (Wildman–Crippen MR) is 76.4 cm³/mol. The van der Waals surface area contributed by atoms with E-state index in [2.05, 4.69) is 13.0 Å². The number of allylic oxidation sites excluding steroid dienone is 2. The zero-order valence-corrected chi connectivity index (χ0v) is 11.8. The number of hydrogen-bond acceptors (Lipinski definition) is 1. The lowest BCUT2D eigenvalue weighted by molar-refractivity contribution is -0.104. The van der Waals surface area contributed by atoms with Crippen LogP contribution < -0.4 is 0 Å². The Morgan fingerprint density at radius 1 is 0.889 bits per heavy atom. The van der Waals surface area contributed by atoms with E-state index in [-0.39, 0.29) is 0 Å². The Bertz CT molecular complexity index is 265. The molecule has 1 heteroatoms. The van der Waals surface area contributed by atoms with Gasteiger partial charge in [-0.2, -0.15) is 0 Å². The van der Waals surface area contributed by atoms with Crippen LogP contribution in [0.4, 0.5) is 0 Å². The summed E-state index contributed by atoms with van der Waals surface area (Å²) in [7, 11) is 0. The van der Waals surface area contributed by atoms with E-state index in [4.69, 9.17) is 0 Å². The fourth-order valence-electron chi connectivity index (χ4n) is 4.08. The lowest BCUT2D eigenvalue weighted by atomic mass is 9.69. The minimum absolute atomic E-state index is 0.679. The molecule has 0 aromatic carbocycles. The van der Waals surface area contributed by atoms with E-state index in [1.165, 1.54) is 57.8 Å². The molecule has 0 unspecified atom stereocenters. The predicted octanol–water partition coefficient (Wildman–Crippen LogP) is 4.76. The summed E-state index contributed by atoms with van der Waals surface area (Å²) in [6.45, 7) is 2.34. The quantitative estimate of drug-likeness (QED) is 0.517. The molecule has 2 aliphatic rings. The van der Waals surface area contributed by atoms with Crippen LogP contribution in [-0.2, 0) is 4.79 Å². The molecule has 2 aliphatic carbocycles. The second kappa shape index (κ2) is 7.11. The first-order valence-electron chi connectivity index (χ1n) is 7.95. The number of carbonyl (C=O) groups excluding carboxylic acids is 1. The van der Waals surface area contributed by atoms with E-state index in [9.17, 15) is 4.79 Å². The van der Waals surface area contributed by atoms with Crippen molar-refractivity contribution in [2.45, 2.75) is 64.7 Å². The summed E-state index contributed by atoms with van der Waals surface area (Å²) in [5.74, 6) is 3.71. The highest BCUT2D eigenvalue weighted by molar-refractivity contribution is 5.64. The van der Waals surface area contributed by atoms with Crippen molar-refractivity contribution in [1.82, 2.24) is 0 Å². The van der Waals surface area contributed by atoms with Gasteiger partial charge in [0.15, 0.2) is 0 Å². The summed E-state index contributed by atoms with van der Waals surface area (Å²) >= 11 is 0. The second-order valence-electron chi connectivity index (χ2n) is 6.38. The molecule has 0 spiro atoms. The van der Waals surface area contributed by atoms with Crippen molar-refractivity contribution in [3.63, 3.8) is 0 Å². The minimum Gasteiger partial charge on any atom is -0.299 e. The van der Waals surface area contributed by atoms with Gasteiger partial charge in [0.2, 0.25) is 0 Å². The van der Waals surface area contributed by atoms with Gasteiger partial charge in [-0.3, -0.25) is 4.79 Å². The Morgan fingerprint density at radius 2 is 1.44 bits per heavy atom. The second-order valence-corrected chi connectivity index (χ2v) is 6.38. The number of aldehydes is 1. The summed E-state index contributed by atoms with van der Waals surface area (Å²) in [6, 6.07) is 0. The lowest BCUT2D eigenvalue weighted by Crippen LogP contribution is -2.25. The van der Waals surface area contributed by atoms with Crippen LogP contribution in [0.2, 0.25) is 0 Å². The molecule has 0 aromatic rings. The third kappa shape index (κ3) is 3.70. The number of rotatable bonds is 4.